The van der Waals surface area contributed by atoms with Crippen LogP contribution in [0.25, 0.3) is 11.1 Å². The van der Waals surface area contributed by atoms with Crippen molar-refractivity contribution in [2.45, 2.75) is 65.9 Å². The molecule has 6 N–H and O–H groups in total. The van der Waals surface area contributed by atoms with Crippen LogP contribution in [0.15, 0.2) is 97.6 Å². The summed E-state index contributed by atoms with van der Waals surface area (Å²) in [5, 5.41) is 47.8. The Morgan fingerprint density at radius 2 is 1.14 bits per heavy atom. The van der Waals surface area contributed by atoms with Crippen LogP contribution in [0, 0.1) is 24.7 Å². The van der Waals surface area contributed by atoms with Crippen LogP contribution in [0.3, 0.4) is 0 Å². The Kier molecular flexibility index (Phi) is 16.2. The number of pyridine rings is 2. The predicted octanol–water partition coefficient (Wildman–Crippen LogP) is 8.80. The molecular formula is C48H47Cl2N5O8. The Morgan fingerprint density at radius 3 is 1.60 bits per heavy atom. The molecule has 63 heavy (non-hydrogen) atoms. The molecule has 0 spiro atoms. The molecule has 2 aromatic heterocycles. The van der Waals surface area contributed by atoms with Crippen molar-refractivity contribution < 1.29 is 39.1 Å². The van der Waals surface area contributed by atoms with Gasteiger partial charge < -0.3 is 50.4 Å². The molecule has 0 amide bonds. The van der Waals surface area contributed by atoms with E-state index >= 15 is 0 Å². The fourth-order valence-electron chi connectivity index (χ4n) is 6.80. The highest BCUT2D eigenvalue weighted by Gasteiger charge is 2.18. The third-order valence-electron chi connectivity index (χ3n) is 10.3. The van der Waals surface area contributed by atoms with Crippen molar-refractivity contribution in [1.82, 2.24) is 15.3 Å². The number of halogens is 2. The normalized spacial score (nSPS) is 11.5. The lowest BCUT2D eigenvalue weighted by molar-refractivity contribution is -0.137. The number of aromatic nitrogens is 2. The maximum atomic E-state index is 11.3. The van der Waals surface area contributed by atoms with Gasteiger partial charge in [-0.2, -0.15) is 0 Å². The number of carbonyl (C=O) groups is 1. The summed E-state index contributed by atoms with van der Waals surface area (Å²) in [4.78, 5) is 19.6. The molecule has 0 saturated carbocycles. The number of aliphatic hydroxyl groups is 2. The van der Waals surface area contributed by atoms with Crippen molar-refractivity contribution in [2.75, 3.05) is 6.61 Å². The molecule has 15 heteroatoms. The van der Waals surface area contributed by atoms with Gasteiger partial charge in [0.1, 0.15) is 49.4 Å². The highest BCUT2D eigenvalue weighted by Crippen LogP contribution is 2.37. The van der Waals surface area contributed by atoms with Gasteiger partial charge in [-0.05, 0) is 71.5 Å². The Bertz CT molecular complexity index is 2590. The number of aliphatic hydroxyl groups excluding tert-OH is 2. The standard InChI is InChI=1S/C48H47Cl2N5O8/c1-29-35(27-62-46-14-44(60-25-33-9-31(16-51)18-53-20-33)37(11-42(46)49)22-55-39(24-57)13-48(58)59)5-3-7-40(29)41-8-4-6-36(30(41)2)28-63-47-15-45(38(23-56)12-43(47)50)61-26-34-10-32(17-52)19-54-21-34/h3-12,14-21,39,51-52,55-57H,13,22-28H2,1-2H3,(H,58,59)/t39-/m1/s1. The van der Waals surface area contributed by atoms with Gasteiger partial charge in [0.15, 0.2) is 0 Å². The van der Waals surface area contributed by atoms with Gasteiger partial charge in [-0.25, -0.2) is 0 Å². The van der Waals surface area contributed by atoms with E-state index in [0.29, 0.717) is 55.3 Å². The Hall–Kier alpha value is -6.35. The van der Waals surface area contributed by atoms with Gasteiger partial charge in [0.25, 0.3) is 0 Å². The van der Waals surface area contributed by atoms with Gasteiger partial charge in [0, 0.05) is 95.3 Å². The minimum absolute atomic E-state index is 0.130. The molecule has 0 aliphatic carbocycles. The van der Waals surface area contributed by atoms with E-state index in [1.165, 1.54) is 12.4 Å². The molecule has 0 aliphatic rings. The van der Waals surface area contributed by atoms with Crippen LogP contribution in [-0.2, 0) is 44.4 Å². The quantitative estimate of drug-likeness (QED) is 0.0356. The van der Waals surface area contributed by atoms with Crippen LogP contribution in [0.4, 0.5) is 0 Å². The zero-order chi connectivity index (χ0) is 44.9. The number of benzene rings is 4. The highest BCUT2D eigenvalue weighted by molar-refractivity contribution is 6.32. The van der Waals surface area contributed by atoms with E-state index in [4.69, 9.17) is 53.0 Å². The number of aliphatic carboxylic acids is 1. The van der Waals surface area contributed by atoms with Gasteiger partial charge in [0.2, 0.25) is 0 Å². The van der Waals surface area contributed by atoms with Crippen molar-refractivity contribution >= 4 is 41.6 Å². The van der Waals surface area contributed by atoms with Crippen LogP contribution < -0.4 is 24.3 Å². The number of carboxylic acid groups (broad SMARTS) is 1. The number of nitrogens with zero attached hydrogens (tertiary/aromatic N) is 2. The SMILES string of the molecule is Cc1c(COc2cc(OCc3cncc(C=N)c3)c(CO)cc2Cl)cccc1-c1cccc(COc2cc(OCc3cncc(C=N)c3)c(CN[C@@H](CO)CC(=O)O)cc2Cl)c1C. The lowest BCUT2D eigenvalue weighted by atomic mass is 9.92. The van der Waals surface area contributed by atoms with Crippen molar-refractivity contribution in [2.24, 2.45) is 0 Å². The second-order valence-corrected chi connectivity index (χ2v) is 15.5. The average molecular weight is 893 g/mol. The Morgan fingerprint density at radius 1 is 0.667 bits per heavy atom. The highest BCUT2D eigenvalue weighted by atomic mass is 35.5. The van der Waals surface area contributed by atoms with Gasteiger partial charge in [0.05, 0.1) is 29.7 Å². The van der Waals surface area contributed by atoms with Crippen LogP contribution in [0.5, 0.6) is 23.0 Å². The number of nitrogens with one attached hydrogen (secondary N) is 3. The minimum atomic E-state index is -1.04. The first-order valence-electron chi connectivity index (χ1n) is 19.9. The van der Waals surface area contributed by atoms with Crippen LogP contribution in [-0.4, -0.2) is 56.3 Å². The largest absolute Gasteiger partial charge is 0.488 e. The maximum absolute atomic E-state index is 11.3. The van der Waals surface area contributed by atoms with E-state index in [2.05, 4.69) is 27.4 Å². The second-order valence-electron chi connectivity index (χ2n) is 14.7. The van der Waals surface area contributed by atoms with E-state index in [-0.39, 0.29) is 52.6 Å². The van der Waals surface area contributed by atoms with E-state index in [1.54, 1.807) is 61.2 Å². The summed E-state index contributed by atoms with van der Waals surface area (Å²) in [7, 11) is 0. The van der Waals surface area contributed by atoms with Gasteiger partial charge in [-0.15, -0.1) is 0 Å². The van der Waals surface area contributed by atoms with Crippen LogP contribution >= 0.6 is 23.2 Å². The number of rotatable bonds is 22. The average Bonchev–Trinajstić information content (AvgIpc) is 3.29. The van der Waals surface area contributed by atoms with E-state index in [1.807, 2.05) is 38.1 Å². The zero-order valence-corrected chi connectivity index (χ0v) is 36.2. The van der Waals surface area contributed by atoms with E-state index < -0.39 is 12.0 Å². The lowest BCUT2D eigenvalue weighted by Crippen LogP contribution is -2.34. The van der Waals surface area contributed by atoms with Gasteiger partial charge in [-0.3, -0.25) is 14.8 Å². The summed E-state index contributed by atoms with van der Waals surface area (Å²) in [5.41, 5.74) is 9.82. The Labute approximate surface area is 375 Å². The molecule has 13 nitrogen and oxygen atoms in total. The fraction of sp³-hybridized carbons (Fsp3) is 0.229. The van der Waals surface area contributed by atoms with Crippen molar-refractivity contribution in [1.29, 1.82) is 10.8 Å². The monoisotopic (exact) mass is 891 g/mol. The number of ether oxygens (including phenoxy) is 4. The molecule has 6 rings (SSSR count). The van der Waals surface area contributed by atoms with Gasteiger partial charge in [-0.1, -0.05) is 59.6 Å². The molecule has 4 aromatic carbocycles. The third-order valence-corrected chi connectivity index (χ3v) is 10.9. The lowest BCUT2D eigenvalue weighted by Gasteiger charge is -2.19. The topological polar surface area (TPSA) is 200 Å². The summed E-state index contributed by atoms with van der Waals surface area (Å²) < 4.78 is 24.9. The molecular weight excluding hydrogens is 845 g/mol. The summed E-state index contributed by atoms with van der Waals surface area (Å²) in [6.07, 6.45) is 8.62. The van der Waals surface area contributed by atoms with Crippen molar-refractivity contribution in [3.63, 3.8) is 0 Å². The zero-order valence-electron chi connectivity index (χ0n) is 34.7. The van der Waals surface area contributed by atoms with Crippen molar-refractivity contribution in [3.05, 3.63) is 163 Å². The second kappa shape index (κ2) is 22.1. The molecule has 0 fully saturated rings. The minimum Gasteiger partial charge on any atom is -0.488 e. The number of carboxylic acids is 1. The Balaban J connectivity index is 1.18. The first-order valence-corrected chi connectivity index (χ1v) is 20.6. The molecule has 0 unspecified atom stereocenters. The molecule has 326 valence electrons. The molecule has 1 atom stereocenters. The summed E-state index contributed by atoms with van der Waals surface area (Å²) >= 11 is 13.4. The molecule has 6 aromatic rings. The number of hydrogen-bond acceptors (Lipinski definition) is 12. The third kappa shape index (κ3) is 12.2. The smallest absolute Gasteiger partial charge is 0.305 e. The molecule has 0 radical (unpaired) electrons. The molecule has 0 saturated heterocycles. The maximum Gasteiger partial charge on any atom is 0.305 e. The fourth-order valence-corrected chi connectivity index (χ4v) is 7.28. The number of hydrogen-bond donors (Lipinski definition) is 6. The summed E-state index contributed by atoms with van der Waals surface area (Å²) in [6.45, 7) is 4.29. The first-order chi connectivity index (χ1) is 30.5. The molecule has 0 aliphatic heterocycles. The first kappa shape index (κ1) is 46.2. The summed E-state index contributed by atoms with van der Waals surface area (Å²) in [6, 6.07) is 21.6. The van der Waals surface area contributed by atoms with Gasteiger partial charge >= 0.3 is 5.97 Å². The molecule has 0 bridgehead atoms. The molecule has 2 heterocycles. The van der Waals surface area contributed by atoms with Crippen LogP contribution in [0.1, 0.15) is 62.1 Å². The van der Waals surface area contributed by atoms with Crippen molar-refractivity contribution in [3.8, 4) is 34.1 Å². The van der Waals surface area contributed by atoms with Crippen LogP contribution in [0.2, 0.25) is 10.0 Å². The predicted molar refractivity (Wildman–Crippen MR) is 242 cm³/mol. The summed E-state index contributed by atoms with van der Waals surface area (Å²) in [5.74, 6) is 0.586. The van der Waals surface area contributed by atoms with E-state index in [0.717, 1.165) is 44.5 Å². The van der Waals surface area contributed by atoms with E-state index in [9.17, 15) is 20.1 Å².